The van der Waals surface area contributed by atoms with E-state index in [0.29, 0.717) is 10.8 Å². The van der Waals surface area contributed by atoms with Gasteiger partial charge in [0.05, 0.1) is 12.1 Å². The molecule has 3 aromatic rings. The van der Waals surface area contributed by atoms with E-state index in [9.17, 15) is 9.18 Å². The number of aromatic nitrogens is 3. The van der Waals surface area contributed by atoms with Gasteiger partial charge in [0.25, 0.3) is 0 Å². The van der Waals surface area contributed by atoms with Crippen molar-refractivity contribution in [2.75, 3.05) is 11.9 Å². The van der Waals surface area contributed by atoms with Crippen LogP contribution in [0.1, 0.15) is 29.6 Å². The number of amides is 1. The smallest absolute Gasteiger partial charge is 0.232 e. The summed E-state index contributed by atoms with van der Waals surface area (Å²) in [6, 6.07) is 6.13. The Morgan fingerprint density at radius 1 is 1.31 bits per heavy atom. The number of nitrogens with one attached hydrogen (secondary N) is 1. The quantitative estimate of drug-likeness (QED) is 0.716. The molecular formula is C17H15FN4O2S2. The zero-order chi connectivity index (χ0) is 17.9. The van der Waals surface area contributed by atoms with E-state index in [-0.39, 0.29) is 24.2 Å². The van der Waals surface area contributed by atoms with E-state index in [1.54, 1.807) is 12.1 Å². The third kappa shape index (κ3) is 3.95. The van der Waals surface area contributed by atoms with Crippen LogP contribution in [0.5, 0.6) is 0 Å². The highest BCUT2D eigenvalue weighted by Crippen LogP contribution is 2.32. The van der Waals surface area contributed by atoms with Crippen molar-refractivity contribution in [3.8, 4) is 10.6 Å². The second-order valence-electron chi connectivity index (χ2n) is 5.82. The fraction of sp³-hybridized carbons (Fsp3) is 0.294. The lowest BCUT2D eigenvalue weighted by Crippen LogP contribution is -2.14. The topological polar surface area (TPSA) is 77.0 Å². The van der Waals surface area contributed by atoms with Crippen LogP contribution in [0.15, 0.2) is 29.6 Å². The van der Waals surface area contributed by atoms with Crippen LogP contribution in [0.25, 0.3) is 10.6 Å². The summed E-state index contributed by atoms with van der Waals surface area (Å²) in [7, 11) is 0. The number of hydrogen-bond acceptors (Lipinski definition) is 7. The Bertz CT molecular complexity index is 904. The molecule has 1 amide bonds. The number of benzene rings is 1. The van der Waals surface area contributed by atoms with Gasteiger partial charge in [-0.15, -0.1) is 21.5 Å². The van der Waals surface area contributed by atoms with Crippen molar-refractivity contribution >= 4 is 33.7 Å². The number of hydrogen-bond donors (Lipinski definition) is 1. The van der Waals surface area contributed by atoms with Crippen LogP contribution in [-0.4, -0.2) is 27.7 Å². The average Bonchev–Trinajstić information content (AvgIpc) is 3.36. The number of rotatable bonds is 5. The second-order valence-corrected chi connectivity index (χ2v) is 7.69. The van der Waals surface area contributed by atoms with E-state index < -0.39 is 0 Å². The fourth-order valence-corrected chi connectivity index (χ4v) is 4.30. The molecule has 1 N–H and O–H groups in total. The van der Waals surface area contributed by atoms with Crippen LogP contribution in [-0.2, 0) is 16.0 Å². The van der Waals surface area contributed by atoms with Gasteiger partial charge in [-0.25, -0.2) is 9.37 Å². The fourth-order valence-electron chi connectivity index (χ4n) is 2.63. The van der Waals surface area contributed by atoms with E-state index in [0.717, 1.165) is 35.0 Å². The van der Waals surface area contributed by atoms with Crippen molar-refractivity contribution in [1.82, 2.24) is 15.2 Å². The molecule has 1 atom stereocenters. The van der Waals surface area contributed by atoms with Gasteiger partial charge in [0.2, 0.25) is 11.0 Å². The lowest BCUT2D eigenvalue weighted by Gasteiger charge is -2.02. The monoisotopic (exact) mass is 390 g/mol. The van der Waals surface area contributed by atoms with Crippen molar-refractivity contribution in [1.29, 1.82) is 0 Å². The summed E-state index contributed by atoms with van der Waals surface area (Å²) in [5, 5.41) is 14.7. The molecule has 0 aliphatic carbocycles. The van der Waals surface area contributed by atoms with Crippen molar-refractivity contribution in [3.05, 3.63) is 46.2 Å². The first-order valence-corrected chi connectivity index (χ1v) is 9.82. The van der Waals surface area contributed by atoms with Gasteiger partial charge in [-0.3, -0.25) is 4.79 Å². The summed E-state index contributed by atoms with van der Waals surface area (Å²) in [4.78, 5) is 16.7. The number of nitrogens with zero attached hydrogens (tertiary/aromatic N) is 3. The summed E-state index contributed by atoms with van der Waals surface area (Å²) in [6.07, 6.45) is 2.10. The van der Waals surface area contributed by atoms with E-state index in [1.807, 2.05) is 5.38 Å². The number of ether oxygens (including phenoxy) is 1. The third-order valence-electron chi connectivity index (χ3n) is 3.88. The molecule has 0 bridgehead atoms. The van der Waals surface area contributed by atoms with Gasteiger partial charge in [-0.2, -0.15) is 0 Å². The van der Waals surface area contributed by atoms with Crippen LogP contribution in [0, 0.1) is 5.82 Å². The van der Waals surface area contributed by atoms with Gasteiger partial charge in [0, 0.05) is 17.6 Å². The Labute approximate surface area is 157 Å². The zero-order valence-corrected chi connectivity index (χ0v) is 15.3. The Kier molecular flexibility index (Phi) is 5.00. The molecule has 1 aromatic carbocycles. The highest BCUT2D eigenvalue weighted by molar-refractivity contribution is 7.15. The van der Waals surface area contributed by atoms with Crippen molar-refractivity contribution in [2.45, 2.75) is 25.4 Å². The van der Waals surface area contributed by atoms with E-state index in [4.69, 9.17) is 4.74 Å². The van der Waals surface area contributed by atoms with E-state index >= 15 is 0 Å². The van der Waals surface area contributed by atoms with Gasteiger partial charge < -0.3 is 10.1 Å². The minimum absolute atomic E-state index is 0.00467. The number of halogens is 1. The van der Waals surface area contributed by atoms with Gasteiger partial charge in [0.15, 0.2) is 0 Å². The van der Waals surface area contributed by atoms with Crippen LogP contribution >= 0.6 is 22.7 Å². The number of thiazole rings is 1. The maximum atomic E-state index is 13.0. The SMILES string of the molecule is O=C(Cc1csc(-c2ccc(F)cc2)n1)Nc1nnc([C@@H]2CCCO2)s1. The first-order chi connectivity index (χ1) is 12.7. The molecule has 0 unspecified atom stereocenters. The highest BCUT2D eigenvalue weighted by atomic mass is 32.1. The molecule has 0 radical (unpaired) electrons. The first kappa shape index (κ1) is 17.2. The molecule has 6 nitrogen and oxygen atoms in total. The summed E-state index contributed by atoms with van der Waals surface area (Å²) < 4.78 is 18.6. The summed E-state index contributed by atoms with van der Waals surface area (Å²) in [6.45, 7) is 0.742. The molecule has 9 heteroatoms. The standard InChI is InChI=1S/C17H15FN4O2S2/c18-11-5-3-10(4-6-11)15-19-12(9-25-15)8-14(23)20-17-22-21-16(26-17)13-2-1-7-24-13/h3-6,9,13H,1-2,7-8H2,(H,20,22,23)/t13-/m0/s1. The Morgan fingerprint density at radius 3 is 2.92 bits per heavy atom. The number of carbonyl (C=O) groups is 1. The van der Waals surface area contributed by atoms with Crippen molar-refractivity contribution < 1.29 is 13.9 Å². The summed E-state index contributed by atoms with van der Waals surface area (Å²) in [5.74, 6) is -0.486. The molecule has 1 aliphatic heterocycles. The Hall–Kier alpha value is -2.23. The lowest BCUT2D eigenvalue weighted by atomic mass is 10.2. The molecule has 1 fully saturated rings. The predicted octanol–water partition coefficient (Wildman–Crippen LogP) is 3.83. The molecule has 2 aromatic heterocycles. The molecule has 4 rings (SSSR count). The molecule has 1 aliphatic rings. The van der Waals surface area contributed by atoms with Gasteiger partial charge in [-0.1, -0.05) is 11.3 Å². The second kappa shape index (κ2) is 7.56. The highest BCUT2D eigenvalue weighted by Gasteiger charge is 2.22. The van der Waals surface area contributed by atoms with Gasteiger partial charge in [-0.05, 0) is 37.1 Å². The Balaban J connectivity index is 1.37. The maximum Gasteiger partial charge on any atom is 0.232 e. The van der Waals surface area contributed by atoms with Crippen LogP contribution in [0.3, 0.4) is 0 Å². The molecule has 0 spiro atoms. The molecule has 0 saturated carbocycles. The third-order valence-corrected chi connectivity index (χ3v) is 5.75. The molecular weight excluding hydrogens is 375 g/mol. The minimum Gasteiger partial charge on any atom is -0.371 e. The van der Waals surface area contributed by atoms with Crippen LogP contribution in [0.2, 0.25) is 0 Å². The lowest BCUT2D eigenvalue weighted by molar-refractivity contribution is -0.115. The number of anilines is 1. The van der Waals surface area contributed by atoms with Crippen LogP contribution in [0.4, 0.5) is 9.52 Å². The van der Waals surface area contributed by atoms with Crippen LogP contribution < -0.4 is 5.32 Å². The summed E-state index contributed by atoms with van der Waals surface area (Å²) in [5.41, 5.74) is 1.49. The molecule has 134 valence electrons. The molecule has 1 saturated heterocycles. The van der Waals surface area contributed by atoms with Crippen molar-refractivity contribution in [3.63, 3.8) is 0 Å². The zero-order valence-electron chi connectivity index (χ0n) is 13.6. The van der Waals surface area contributed by atoms with E-state index in [2.05, 4.69) is 20.5 Å². The largest absolute Gasteiger partial charge is 0.371 e. The predicted molar refractivity (Wildman–Crippen MR) is 97.7 cm³/mol. The molecule has 26 heavy (non-hydrogen) atoms. The van der Waals surface area contributed by atoms with Gasteiger partial charge >= 0.3 is 0 Å². The minimum atomic E-state index is -0.288. The normalized spacial score (nSPS) is 16.7. The average molecular weight is 390 g/mol. The van der Waals surface area contributed by atoms with E-state index in [1.165, 1.54) is 34.8 Å². The first-order valence-electron chi connectivity index (χ1n) is 8.12. The summed E-state index contributed by atoms with van der Waals surface area (Å²) >= 11 is 2.76. The van der Waals surface area contributed by atoms with Gasteiger partial charge in [0.1, 0.15) is 21.9 Å². The Morgan fingerprint density at radius 2 is 2.15 bits per heavy atom. The maximum absolute atomic E-state index is 13.0. The van der Waals surface area contributed by atoms with Crippen molar-refractivity contribution in [2.24, 2.45) is 0 Å². The number of carbonyl (C=O) groups excluding carboxylic acids is 1. The molecule has 3 heterocycles.